The van der Waals surface area contributed by atoms with E-state index in [2.05, 4.69) is 15.9 Å². The fourth-order valence-electron chi connectivity index (χ4n) is 0.871. The third kappa shape index (κ3) is 2.62. The summed E-state index contributed by atoms with van der Waals surface area (Å²) in [5.41, 5.74) is -0.272. The smallest absolute Gasteiger partial charge is 0.379 e. The first-order valence-electron chi connectivity index (χ1n) is 3.52. The fraction of sp³-hybridized carbons (Fsp3) is 0.250. The molecule has 1 N–H and O–H groups in total. The van der Waals surface area contributed by atoms with Crippen LogP contribution in [0.2, 0.25) is 5.02 Å². The molecule has 1 rings (SSSR count). The lowest BCUT2D eigenvalue weighted by Gasteiger charge is -2.15. The molecule has 0 bridgehead atoms. The van der Waals surface area contributed by atoms with Crippen molar-refractivity contribution >= 4 is 27.5 Å². The number of rotatable bonds is 1. The fourth-order valence-corrected chi connectivity index (χ4v) is 1.31. The number of aliphatic hydroxyl groups is 1. The number of benzene rings is 1. The first kappa shape index (κ1) is 11.8. The van der Waals surface area contributed by atoms with Gasteiger partial charge in [0.15, 0.2) is 6.10 Å². The van der Waals surface area contributed by atoms with Crippen molar-refractivity contribution in [2.45, 2.75) is 12.3 Å². The Kier molecular flexibility index (Phi) is 3.44. The van der Waals surface area contributed by atoms with E-state index in [-0.39, 0.29) is 10.6 Å². The Labute approximate surface area is 91.6 Å². The van der Waals surface area contributed by atoms with Crippen molar-refractivity contribution in [1.82, 2.24) is 0 Å². The molecular formula is C8H5BrClF3O. The number of aliphatic hydroxyl groups excluding tert-OH is 1. The summed E-state index contributed by atoms with van der Waals surface area (Å²) in [6, 6.07) is 3.59. The van der Waals surface area contributed by atoms with Gasteiger partial charge in [-0.15, -0.1) is 0 Å². The van der Waals surface area contributed by atoms with Crippen molar-refractivity contribution in [3.05, 3.63) is 33.3 Å². The van der Waals surface area contributed by atoms with E-state index >= 15 is 0 Å². The molecule has 0 amide bonds. The van der Waals surface area contributed by atoms with E-state index in [0.717, 1.165) is 12.1 Å². The van der Waals surface area contributed by atoms with E-state index in [1.807, 2.05) is 0 Å². The summed E-state index contributed by atoms with van der Waals surface area (Å²) in [6.07, 6.45) is -7.16. The summed E-state index contributed by atoms with van der Waals surface area (Å²) in [7, 11) is 0. The van der Waals surface area contributed by atoms with E-state index in [9.17, 15) is 13.2 Å². The molecule has 1 atom stereocenters. The predicted octanol–water partition coefficient (Wildman–Crippen LogP) is 3.70. The lowest BCUT2D eigenvalue weighted by Crippen LogP contribution is -2.20. The van der Waals surface area contributed by atoms with Gasteiger partial charge in [-0.1, -0.05) is 17.7 Å². The number of halogens is 5. The van der Waals surface area contributed by atoms with E-state index < -0.39 is 12.3 Å². The molecule has 0 radical (unpaired) electrons. The van der Waals surface area contributed by atoms with Crippen LogP contribution in [0.3, 0.4) is 0 Å². The third-order valence-corrected chi connectivity index (χ3v) is 2.80. The summed E-state index contributed by atoms with van der Waals surface area (Å²) in [5.74, 6) is 0. The minimum Gasteiger partial charge on any atom is -0.379 e. The van der Waals surface area contributed by atoms with E-state index in [0.29, 0.717) is 4.47 Å². The van der Waals surface area contributed by atoms with Gasteiger partial charge in [0, 0.05) is 4.47 Å². The van der Waals surface area contributed by atoms with Crippen LogP contribution in [-0.2, 0) is 0 Å². The Morgan fingerprint density at radius 2 is 1.93 bits per heavy atom. The molecule has 0 saturated carbocycles. The van der Waals surface area contributed by atoms with Gasteiger partial charge in [-0.25, -0.2) is 0 Å². The highest BCUT2D eigenvalue weighted by atomic mass is 79.9. The molecule has 0 aliphatic rings. The molecule has 0 heterocycles. The normalized spacial score (nSPS) is 14.1. The standard InChI is InChI=1S/C8H5BrClF3O/c9-5-2-1-4(3-6(5)10)7(14)8(11,12)13/h1-3,7,14H/t7-/m1/s1. The Morgan fingerprint density at radius 3 is 2.36 bits per heavy atom. The molecule has 6 heteroatoms. The van der Waals surface area contributed by atoms with Crippen molar-refractivity contribution in [2.75, 3.05) is 0 Å². The molecule has 0 aromatic heterocycles. The summed E-state index contributed by atoms with van der Waals surface area (Å²) in [5, 5.41) is 9.00. The summed E-state index contributed by atoms with van der Waals surface area (Å²) >= 11 is 8.62. The monoisotopic (exact) mass is 288 g/mol. The SMILES string of the molecule is O[C@H](c1ccc(Br)c(Cl)c1)C(F)(F)F. The number of hydrogen-bond acceptors (Lipinski definition) is 1. The largest absolute Gasteiger partial charge is 0.418 e. The lowest BCUT2D eigenvalue weighted by molar-refractivity contribution is -0.206. The molecule has 0 aliphatic carbocycles. The third-order valence-electron chi connectivity index (χ3n) is 1.57. The van der Waals surface area contributed by atoms with Crippen LogP contribution in [0.1, 0.15) is 11.7 Å². The van der Waals surface area contributed by atoms with Crippen molar-refractivity contribution in [1.29, 1.82) is 0 Å². The lowest BCUT2D eigenvalue weighted by atomic mass is 10.1. The highest BCUT2D eigenvalue weighted by Gasteiger charge is 2.39. The van der Waals surface area contributed by atoms with E-state index in [1.54, 1.807) is 0 Å². The van der Waals surface area contributed by atoms with Crippen LogP contribution in [0.15, 0.2) is 22.7 Å². The molecule has 1 aromatic carbocycles. The van der Waals surface area contributed by atoms with Crippen molar-refractivity contribution in [3.63, 3.8) is 0 Å². The van der Waals surface area contributed by atoms with Gasteiger partial charge in [-0.3, -0.25) is 0 Å². The zero-order valence-electron chi connectivity index (χ0n) is 6.65. The van der Waals surface area contributed by atoms with Crippen molar-refractivity contribution < 1.29 is 18.3 Å². The molecule has 0 saturated heterocycles. The maximum Gasteiger partial charge on any atom is 0.418 e. The zero-order valence-corrected chi connectivity index (χ0v) is 8.99. The molecular weight excluding hydrogens is 284 g/mol. The Balaban J connectivity index is 3.03. The van der Waals surface area contributed by atoms with Gasteiger partial charge in [0.2, 0.25) is 0 Å². The first-order valence-corrected chi connectivity index (χ1v) is 4.69. The molecule has 0 aliphatic heterocycles. The second-order valence-electron chi connectivity index (χ2n) is 2.62. The van der Waals surface area contributed by atoms with Gasteiger partial charge >= 0.3 is 6.18 Å². The van der Waals surface area contributed by atoms with E-state index in [1.165, 1.54) is 6.07 Å². The van der Waals surface area contributed by atoms with Crippen molar-refractivity contribution in [3.8, 4) is 0 Å². The molecule has 1 nitrogen and oxygen atoms in total. The molecule has 1 aromatic rings. The molecule has 0 fully saturated rings. The Morgan fingerprint density at radius 1 is 1.36 bits per heavy atom. The van der Waals surface area contributed by atoms with Crippen LogP contribution in [0.5, 0.6) is 0 Å². The second-order valence-corrected chi connectivity index (χ2v) is 3.88. The molecule has 0 unspecified atom stereocenters. The van der Waals surface area contributed by atoms with Gasteiger partial charge in [0.25, 0.3) is 0 Å². The predicted molar refractivity (Wildman–Crippen MR) is 50.2 cm³/mol. The second kappa shape index (κ2) is 4.08. The highest BCUT2D eigenvalue weighted by molar-refractivity contribution is 9.10. The van der Waals surface area contributed by atoms with Crippen LogP contribution in [-0.4, -0.2) is 11.3 Å². The topological polar surface area (TPSA) is 20.2 Å². The molecule has 0 spiro atoms. The Hall–Kier alpha value is -0.260. The minimum absolute atomic E-state index is 0.130. The molecule has 78 valence electrons. The average molecular weight is 289 g/mol. The highest BCUT2D eigenvalue weighted by Crippen LogP contribution is 2.34. The van der Waals surface area contributed by atoms with E-state index in [4.69, 9.17) is 16.7 Å². The quantitative estimate of drug-likeness (QED) is 0.836. The maximum atomic E-state index is 12.1. The van der Waals surface area contributed by atoms with Crippen LogP contribution >= 0.6 is 27.5 Å². The minimum atomic E-state index is -4.67. The Bertz CT molecular complexity index is 340. The average Bonchev–Trinajstić information content (AvgIpc) is 2.07. The van der Waals surface area contributed by atoms with Gasteiger partial charge in [0.1, 0.15) is 0 Å². The van der Waals surface area contributed by atoms with Crippen molar-refractivity contribution in [2.24, 2.45) is 0 Å². The van der Waals surface area contributed by atoms with Crippen LogP contribution in [0, 0.1) is 0 Å². The summed E-state index contributed by atoms with van der Waals surface area (Å²) in [4.78, 5) is 0. The summed E-state index contributed by atoms with van der Waals surface area (Å²) < 4.78 is 36.7. The summed E-state index contributed by atoms with van der Waals surface area (Å²) in [6.45, 7) is 0. The maximum absolute atomic E-state index is 12.1. The van der Waals surface area contributed by atoms with Crippen LogP contribution in [0.4, 0.5) is 13.2 Å². The zero-order chi connectivity index (χ0) is 10.9. The first-order chi connectivity index (χ1) is 6.32. The van der Waals surface area contributed by atoms with Gasteiger partial charge < -0.3 is 5.11 Å². The number of hydrogen-bond donors (Lipinski definition) is 1. The van der Waals surface area contributed by atoms with Gasteiger partial charge in [-0.05, 0) is 33.6 Å². The van der Waals surface area contributed by atoms with Gasteiger partial charge in [0.05, 0.1) is 5.02 Å². The number of alkyl halides is 3. The van der Waals surface area contributed by atoms with Crippen LogP contribution < -0.4 is 0 Å². The van der Waals surface area contributed by atoms with Crippen LogP contribution in [0.25, 0.3) is 0 Å². The van der Waals surface area contributed by atoms with Gasteiger partial charge in [-0.2, -0.15) is 13.2 Å². The molecule has 14 heavy (non-hydrogen) atoms.